The van der Waals surface area contributed by atoms with Crippen LogP contribution in [0.3, 0.4) is 0 Å². The number of rotatable bonds is 6. The van der Waals surface area contributed by atoms with Crippen LogP contribution in [0.25, 0.3) is 0 Å². The van der Waals surface area contributed by atoms with Gasteiger partial charge in [-0.05, 0) is 52.7 Å². The molecule has 7 heteroatoms. The number of halogens is 1. The highest BCUT2D eigenvalue weighted by molar-refractivity contribution is 9.10. The Bertz CT molecular complexity index is 699. The van der Waals surface area contributed by atoms with Gasteiger partial charge in [0, 0.05) is 23.5 Å². The van der Waals surface area contributed by atoms with Gasteiger partial charge in [-0.1, -0.05) is 6.07 Å². The lowest BCUT2D eigenvalue weighted by molar-refractivity contribution is 0.479. The van der Waals surface area contributed by atoms with E-state index in [2.05, 4.69) is 20.7 Å². The molecule has 21 heavy (non-hydrogen) atoms. The molecular weight excluding hydrogens is 356 g/mol. The maximum absolute atomic E-state index is 12.4. The summed E-state index contributed by atoms with van der Waals surface area (Å²) < 4.78 is 33.3. The van der Waals surface area contributed by atoms with Crippen LogP contribution in [0.5, 0.6) is 0 Å². The first kappa shape index (κ1) is 16.2. The van der Waals surface area contributed by atoms with E-state index in [0.29, 0.717) is 10.9 Å². The van der Waals surface area contributed by atoms with Gasteiger partial charge >= 0.3 is 0 Å². The van der Waals surface area contributed by atoms with Gasteiger partial charge in [-0.3, -0.25) is 0 Å². The summed E-state index contributed by atoms with van der Waals surface area (Å²) in [5.41, 5.74) is 6.32. The SMILES string of the molecule is CC(Cc1ccco1)NS(=O)(=O)c1cc(CN)ccc1Br. The largest absolute Gasteiger partial charge is 0.469 e. The summed E-state index contributed by atoms with van der Waals surface area (Å²) in [7, 11) is -3.62. The molecule has 0 aliphatic heterocycles. The van der Waals surface area contributed by atoms with E-state index >= 15 is 0 Å². The second kappa shape index (κ2) is 6.74. The number of furan rings is 1. The van der Waals surface area contributed by atoms with Crippen LogP contribution in [0, 0.1) is 0 Å². The molecule has 0 radical (unpaired) electrons. The Balaban J connectivity index is 2.18. The van der Waals surface area contributed by atoms with Crippen molar-refractivity contribution in [3.8, 4) is 0 Å². The molecule has 2 rings (SSSR count). The van der Waals surface area contributed by atoms with Crippen LogP contribution in [0.2, 0.25) is 0 Å². The van der Waals surface area contributed by atoms with Crippen LogP contribution >= 0.6 is 15.9 Å². The Labute approximate surface area is 132 Å². The van der Waals surface area contributed by atoms with Crippen LogP contribution in [0.15, 0.2) is 50.4 Å². The summed E-state index contributed by atoms with van der Waals surface area (Å²) in [5, 5.41) is 0. The first-order valence-electron chi connectivity index (χ1n) is 6.45. The minimum Gasteiger partial charge on any atom is -0.469 e. The van der Waals surface area contributed by atoms with Crippen molar-refractivity contribution < 1.29 is 12.8 Å². The lowest BCUT2D eigenvalue weighted by Crippen LogP contribution is -2.34. The van der Waals surface area contributed by atoms with Gasteiger partial charge < -0.3 is 10.2 Å². The first-order valence-corrected chi connectivity index (χ1v) is 8.73. The standard InChI is InChI=1S/C14H17BrN2O3S/c1-10(7-12-3-2-6-20-12)17-21(18,19)14-8-11(9-16)4-5-13(14)15/h2-6,8,10,17H,7,9,16H2,1H3. The molecule has 1 aromatic heterocycles. The molecule has 0 bridgehead atoms. The molecule has 2 aromatic rings. The van der Waals surface area contributed by atoms with Gasteiger partial charge in [0.25, 0.3) is 0 Å². The van der Waals surface area contributed by atoms with Gasteiger partial charge in [0.05, 0.1) is 11.2 Å². The minimum absolute atomic E-state index is 0.191. The average molecular weight is 373 g/mol. The fourth-order valence-corrected chi connectivity index (χ4v) is 4.24. The summed E-state index contributed by atoms with van der Waals surface area (Å²) in [6.45, 7) is 2.08. The van der Waals surface area contributed by atoms with E-state index in [1.165, 1.54) is 0 Å². The van der Waals surface area contributed by atoms with E-state index in [4.69, 9.17) is 10.2 Å². The zero-order valence-electron chi connectivity index (χ0n) is 11.5. The molecule has 0 saturated heterocycles. The highest BCUT2D eigenvalue weighted by Crippen LogP contribution is 2.23. The zero-order chi connectivity index (χ0) is 15.5. The van der Waals surface area contributed by atoms with Crippen molar-refractivity contribution in [2.45, 2.75) is 30.8 Å². The number of hydrogen-bond donors (Lipinski definition) is 2. The molecular formula is C14H17BrN2O3S. The summed E-state index contributed by atoms with van der Waals surface area (Å²) in [5.74, 6) is 0.736. The molecule has 0 aliphatic rings. The lowest BCUT2D eigenvalue weighted by atomic mass is 10.2. The molecule has 0 aliphatic carbocycles. The van der Waals surface area contributed by atoms with Crippen molar-refractivity contribution in [2.24, 2.45) is 5.73 Å². The van der Waals surface area contributed by atoms with Gasteiger partial charge in [0.1, 0.15) is 5.76 Å². The average Bonchev–Trinajstić information content (AvgIpc) is 2.91. The van der Waals surface area contributed by atoms with Crippen LogP contribution < -0.4 is 10.5 Å². The quantitative estimate of drug-likeness (QED) is 0.814. The summed E-state index contributed by atoms with van der Waals surface area (Å²) in [6.07, 6.45) is 2.05. The normalized spacial score (nSPS) is 13.3. The monoisotopic (exact) mass is 372 g/mol. The first-order chi connectivity index (χ1) is 9.92. The summed E-state index contributed by atoms with van der Waals surface area (Å²) in [4.78, 5) is 0.191. The summed E-state index contributed by atoms with van der Waals surface area (Å²) >= 11 is 3.27. The number of sulfonamides is 1. The predicted octanol–water partition coefficient (Wildman–Crippen LogP) is 2.41. The van der Waals surface area contributed by atoms with Crippen LogP contribution in [-0.4, -0.2) is 14.5 Å². The van der Waals surface area contributed by atoms with E-state index < -0.39 is 10.0 Å². The maximum Gasteiger partial charge on any atom is 0.241 e. The third-order valence-electron chi connectivity index (χ3n) is 2.96. The fourth-order valence-electron chi connectivity index (χ4n) is 1.98. The smallest absolute Gasteiger partial charge is 0.241 e. The second-order valence-corrected chi connectivity index (χ2v) is 7.31. The third-order valence-corrected chi connectivity index (χ3v) is 5.55. The Morgan fingerprint density at radius 2 is 2.14 bits per heavy atom. The van der Waals surface area contributed by atoms with E-state index in [1.807, 2.05) is 6.07 Å². The molecule has 0 spiro atoms. The van der Waals surface area contributed by atoms with Crippen molar-refractivity contribution in [3.63, 3.8) is 0 Å². The number of benzene rings is 1. The highest BCUT2D eigenvalue weighted by atomic mass is 79.9. The van der Waals surface area contributed by atoms with Gasteiger partial charge in [0.2, 0.25) is 10.0 Å². The zero-order valence-corrected chi connectivity index (χ0v) is 13.9. The second-order valence-electron chi connectivity index (χ2n) is 4.77. The van der Waals surface area contributed by atoms with E-state index in [-0.39, 0.29) is 17.5 Å². The molecule has 0 fully saturated rings. The predicted molar refractivity (Wildman–Crippen MR) is 84.2 cm³/mol. The maximum atomic E-state index is 12.4. The molecule has 1 atom stereocenters. The molecule has 0 saturated carbocycles. The van der Waals surface area contributed by atoms with Crippen molar-refractivity contribution in [2.75, 3.05) is 0 Å². The number of nitrogens with two attached hydrogens (primary N) is 1. The Hall–Kier alpha value is -1.15. The molecule has 0 amide bonds. The minimum atomic E-state index is -3.62. The molecule has 114 valence electrons. The van der Waals surface area contributed by atoms with Crippen molar-refractivity contribution >= 4 is 26.0 Å². The van der Waals surface area contributed by atoms with Crippen molar-refractivity contribution in [3.05, 3.63) is 52.4 Å². The van der Waals surface area contributed by atoms with Crippen LogP contribution in [0.1, 0.15) is 18.2 Å². The van der Waals surface area contributed by atoms with Gasteiger partial charge in [-0.15, -0.1) is 0 Å². The molecule has 1 heterocycles. The molecule has 5 nitrogen and oxygen atoms in total. The van der Waals surface area contributed by atoms with Crippen molar-refractivity contribution in [1.29, 1.82) is 0 Å². The van der Waals surface area contributed by atoms with Gasteiger partial charge in [0.15, 0.2) is 0 Å². The van der Waals surface area contributed by atoms with Crippen molar-refractivity contribution in [1.82, 2.24) is 4.72 Å². The van der Waals surface area contributed by atoms with Gasteiger partial charge in [-0.25, -0.2) is 13.1 Å². The highest BCUT2D eigenvalue weighted by Gasteiger charge is 2.21. The van der Waals surface area contributed by atoms with E-state index in [9.17, 15) is 8.42 Å². The number of nitrogens with one attached hydrogen (secondary N) is 1. The van der Waals surface area contributed by atoms with Crippen LogP contribution in [-0.2, 0) is 23.0 Å². The van der Waals surface area contributed by atoms with E-state index in [0.717, 1.165) is 11.3 Å². The topological polar surface area (TPSA) is 85.3 Å². The lowest BCUT2D eigenvalue weighted by Gasteiger charge is -2.14. The molecule has 1 aromatic carbocycles. The fraction of sp³-hybridized carbons (Fsp3) is 0.286. The third kappa shape index (κ3) is 4.16. The molecule has 3 N–H and O–H groups in total. The summed E-state index contributed by atoms with van der Waals surface area (Å²) in [6, 6.07) is 8.36. The Morgan fingerprint density at radius 1 is 1.38 bits per heavy atom. The number of hydrogen-bond acceptors (Lipinski definition) is 4. The Kier molecular flexibility index (Phi) is 5.21. The molecule has 1 unspecified atom stereocenters. The Morgan fingerprint density at radius 3 is 2.76 bits per heavy atom. The van der Waals surface area contributed by atoms with Crippen LogP contribution in [0.4, 0.5) is 0 Å². The van der Waals surface area contributed by atoms with E-state index in [1.54, 1.807) is 37.5 Å². The van der Waals surface area contributed by atoms with Gasteiger partial charge in [-0.2, -0.15) is 0 Å².